The van der Waals surface area contributed by atoms with Gasteiger partial charge in [-0.1, -0.05) is 30.3 Å². The van der Waals surface area contributed by atoms with Crippen LogP contribution in [-0.4, -0.2) is 21.1 Å². The summed E-state index contributed by atoms with van der Waals surface area (Å²) in [5.41, 5.74) is 9.17. The molecule has 1 aromatic carbocycles. The van der Waals surface area contributed by atoms with Crippen molar-refractivity contribution in [3.8, 4) is 0 Å². The van der Waals surface area contributed by atoms with E-state index in [1.807, 2.05) is 30.7 Å². The van der Waals surface area contributed by atoms with Crippen molar-refractivity contribution in [1.82, 2.24) is 9.55 Å². The van der Waals surface area contributed by atoms with Crippen LogP contribution in [0.15, 0.2) is 53.1 Å². The number of hydrogen-bond acceptors (Lipinski definition) is 4. The molecular weight excluding hydrogens is 262 g/mol. The van der Waals surface area contributed by atoms with Crippen molar-refractivity contribution in [3.63, 3.8) is 0 Å². The first kappa shape index (κ1) is 12.3. The van der Waals surface area contributed by atoms with Gasteiger partial charge in [-0.15, -0.1) is 5.10 Å². The van der Waals surface area contributed by atoms with Gasteiger partial charge < -0.3 is 10.3 Å². The fourth-order valence-electron chi connectivity index (χ4n) is 2.87. The van der Waals surface area contributed by atoms with Crippen LogP contribution in [0.2, 0.25) is 0 Å². The van der Waals surface area contributed by atoms with Gasteiger partial charge in [-0.05, 0) is 18.4 Å². The smallest absolute Gasteiger partial charge is 0.123 e. The van der Waals surface area contributed by atoms with Crippen molar-refractivity contribution in [2.24, 2.45) is 15.9 Å². The quantitative estimate of drug-likeness (QED) is 0.937. The van der Waals surface area contributed by atoms with Gasteiger partial charge in [-0.3, -0.25) is 0 Å². The van der Waals surface area contributed by atoms with Gasteiger partial charge in [0.25, 0.3) is 0 Å². The van der Waals surface area contributed by atoms with Gasteiger partial charge in [0, 0.05) is 18.4 Å². The van der Waals surface area contributed by atoms with Crippen LogP contribution in [0, 0.1) is 0 Å². The second-order valence-electron chi connectivity index (χ2n) is 5.66. The largest absolute Gasteiger partial charge is 0.386 e. The standard InChI is InChI=1S/C16H17N5/c17-15-8-13(11-4-2-1-3-5-11)16(20-19-15)14-9-18-10-21(14)12-6-7-12/h1-5,9-10,12-13H,6-8H2,(H2,17,19). The second-order valence-corrected chi connectivity index (χ2v) is 5.66. The zero-order chi connectivity index (χ0) is 14.2. The Morgan fingerprint density at radius 1 is 1.10 bits per heavy atom. The molecule has 5 nitrogen and oxygen atoms in total. The van der Waals surface area contributed by atoms with Gasteiger partial charge in [0.2, 0.25) is 0 Å². The van der Waals surface area contributed by atoms with Crippen LogP contribution < -0.4 is 5.73 Å². The molecular formula is C16H17N5. The molecule has 1 saturated carbocycles. The van der Waals surface area contributed by atoms with E-state index >= 15 is 0 Å². The van der Waals surface area contributed by atoms with Crippen molar-refractivity contribution >= 4 is 11.5 Å². The SMILES string of the molecule is NC1=NN=C(c2cncn2C2CC2)C(c2ccccc2)C1. The fraction of sp³-hybridized carbons (Fsp3) is 0.312. The normalized spacial score (nSPS) is 21.8. The Morgan fingerprint density at radius 2 is 1.90 bits per heavy atom. The molecule has 21 heavy (non-hydrogen) atoms. The van der Waals surface area contributed by atoms with E-state index in [2.05, 4.69) is 31.9 Å². The summed E-state index contributed by atoms with van der Waals surface area (Å²) in [7, 11) is 0. The zero-order valence-corrected chi connectivity index (χ0v) is 11.7. The highest BCUT2D eigenvalue weighted by Crippen LogP contribution is 2.37. The molecule has 1 unspecified atom stereocenters. The topological polar surface area (TPSA) is 68.6 Å². The maximum absolute atomic E-state index is 5.91. The van der Waals surface area contributed by atoms with Crippen LogP contribution in [0.5, 0.6) is 0 Å². The Bertz CT molecular complexity index is 709. The van der Waals surface area contributed by atoms with E-state index in [0.717, 1.165) is 11.4 Å². The number of nitrogens with zero attached hydrogens (tertiary/aromatic N) is 4. The molecule has 2 heterocycles. The maximum atomic E-state index is 5.91. The van der Waals surface area contributed by atoms with Gasteiger partial charge in [-0.2, -0.15) is 5.10 Å². The average Bonchev–Trinajstić information content (AvgIpc) is 3.26. The number of imidazole rings is 1. The molecule has 4 rings (SSSR count). The Hall–Kier alpha value is -2.43. The highest BCUT2D eigenvalue weighted by Gasteiger charge is 2.31. The molecule has 0 radical (unpaired) electrons. The molecule has 0 amide bonds. The van der Waals surface area contributed by atoms with Gasteiger partial charge in [-0.25, -0.2) is 4.98 Å². The summed E-state index contributed by atoms with van der Waals surface area (Å²) in [5, 5.41) is 8.51. The molecule has 0 saturated heterocycles. The summed E-state index contributed by atoms with van der Waals surface area (Å²) in [5.74, 6) is 0.739. The molecule has 1 aromatic heterocycles. The fourth-order valence-corrected chi connectivity index (χ4v) is 2.87. The molecule has 2 N–H and O–H groups in total. The van der Waals surface area contributed by atoms with E-state index in [0.29, 0.717) is 18.3 Å². The molecule has 1 aliphatic carbocycles. The third-order valence-corrected chi connectivity index (χ3v) is 4.10. The van der Waals surface area contributed by atoms with Crippen LogP contribution in [0.25, 0.3) is 0 Å². The molecule has 1 atom stereocenters. The lowest BCUT2D eigenvalue weighted by Gasteiger charge is -2.22. The Labute approximate surface area is 123 Å². The first-order chi connectivity index (χ1) is 10.3. The van der Waals surface area contributed by atoms with Crippen molar-refractivity contribution in [3.05, 3.63) is 54.1 Å². The number of rotatable bonds is 3. The van der Waals surface area contributed by atoms with E-state index in [4.69, 9.17) is 5.73 Å². The predicted molar refractivity (Wildman–Crippen MR) is 82.5 cm³/mol. The van der Waals surface area contributed by atoms with Gasteiger partial charge in [0.1, 0.15) is 5.84 Å². The summed E-state index contributed by atoms with van der Waals surface area (Å²) in [6.07, 6.45) is 6.94. The minimum absolute atomic E-state index is 0.151. The molecule has 0 spiro atoms. The number of nitrogens with two attached hydrogens (primary N) is 1. The summed E-state index contributed by atoms with van der Waals surface area (Å²) >= 11 is 0. The predicted octanol–water partition coefficient (Wildman–Crippen LogP) is 2.47. The lowest BCUT2D eigenvalue weighted by atomic mass is 9.88. The third-order valence-electron chi connectivity index (χ3n) is 4.10. The molecule has 1 aliphatic heterocycles. The molecule has 0 bridgehead atoms. The van der Waals surface area contributed by atoms with E-state index in [1.54, 1.807) is 0 Å². The van der Waals surface area contributed by atoms with Crippen molar-refractivity contribution in [2.45, 2.75) is 31.2 Å². The van der Waals surface area contributed by atoms with Crippen molar-refractivity contribution in [1.29, 1.82) is 0 Å². The lowest BCUT2D eigenvalue weighted by Crippen LogP contribution is -2.27. The van der Waals surface area contributed by atoms with E-state index < -0.39 is 0 Å². The first-order valence-electron chi connectivity index (χ1n) is 7.30. The van der Waals surface area contributed by atoms with Gasteiger partial charge in [0.15, 0.2) is 0 Å². The number of benzene rings is 1. The van der Waals surface area contributed by atoms with Crippen LogP contribution in [0.4, 0.5) is 0 Å². The highest BCUT2D eigenvalue weighted by molar-refractivity contribution is 6.07. The molecule has 5 heteroatoms. The highest BCUT2D eigenvalue weighted by atomic mass is 15.3. The summed E-state index contributed by atoms with van der Waals surface area (Å²) in [6, 6.07) is 10.9. The Morgan fingerprint density at radius 3 is 2.67 bits per heavy atom. The average molecular weight is 279 g/mol. The molecule has 2 aromatic rings. The van der Waals surface area contributed by atoms with Crippen molar-refractivity contribution in [2.75, 3.05) is 0 Å². The number of hydrogen-bond donors (Lipinski definition) is 1. The number of amidine groups is 1. The third kappa shape index (κ3) is 2.24. The van der Waals surface area contributed by atoms with Crippen LogP contribution >= 0.6 is 0 Å². The number of aromatic nitrogens is 2. The molecule has 106 valence electrons. The lowest BCUT2D eigenvalue weighted by molar-refractivity contribution is 0.725. The van der Waals surface area contributed by atoms with Crippen molar-refractivity contribution < 1.29 is 0 Å². The minimum atomic E-state index is 0.151. The summed E-state index contributed by atoms with van der Waals surface area (Å²) in [4.78, 5) is 4.31. The monoisotopic (exact) mass is 279 g/mol. The van der Waals surface area contributed by atoms with Crippen LogP contribution in [-0.2, 0) is 0 Å². The summed E-state index contributed by atoms with van der Waals surface area (Å²) in [6.45, 7) is 0. The maximum Gasteiger partial charge on any atom is 0.123 e. The van der Waals surface area contributed by atoms with Gasteiger partial charge >= 0.3 is 0 Å². The second kappa shape index (κ2) is 4.84. The van der Waals surface area contributed by atoms with E-state index in [-0.39, 0.29) is 5.92 Å². The minimum Gasteiger partial charge on any atom is -0.386 e. The first-order valence-corrected chi connectivity index (χ1v) is 7.30. The van der Waals surface area contributed by atoms with E-state index in [9.17, 15) is 0 Å². The van der Waals surface area contributed by atoms with Crippen LogP contribution in [0.3, 0.4) is 0 Å². The van der Waals surface area contributed by atoms with Gasteiger partial charge in [0.05, 0.1) is 23.9 Å². The van der Waals surface area contributed by atoms with Crippen LogP contribution in [0.1, 0.15) is 42.5 Å². The zero-order valence-electron chi connectivity index (χ0n) is 11.7. The Balaban J connectivity index is 1.78. The van der Waals surface area contributed by atoms with E-state index in [1.165, 1.54) is 18.4 Å². The molecule has 2 aliphatic rings. The summed E-state index contributed by atoms with van der Waals surface area (Å²) < 4.78 is 2.23. The Kier molecular flexibility index (Phi) is 2.84. The molecule has 1 fully saturated rings.